The average molecular weight is 195 g/mol. The van der Waals surface area contributed by atoms with Gasteiger partial charge in [0.15, 0.2) is 0 Å². The molecule has 0 aliphatic carbocycles. The van der Waals surface area contributed by atoms with Gasteiger partial charge < -0.3 is 5.32 Å². The van der Waals surface area contributed by atoms with Crippen LogP contribution >= 0.6 is 0 Å². The van der Waals surface area contributed by atoms with Crippen LogP contribution in [0.5, 0.6) is 0 Å². The van der Waals surface area contributed by atoms with E-state index in [2.05, 4.69) is 5.32 Å². The highest BCUT2D eigenvalue weighted by molar-refractivity contribution is 5.23. The normalized spacial score (nSPS) is 15.1. The Morgan fingerprint density at radius 2 is 2.14 bits per heavy atom. The number of hydrogen-bond donors (Lipinski definition) is 1. The van der Waals surface area contributed by atoms with Gasteiger partial charge in [-0.3, -0.25) is 0 Å². The van der Waals surface area contributed by atoms with E-state index in [-0.39, 0.29) is 0 Å². The first-order valence-corrected chi connectivity index (χ1v) is 4.92. The van der Waals surface area contributed by atoms with E-state index in [9.17, 15) is 4.39 Å². The van der Waals surface area contributed by atoms with Crippen LogP contribution in [0.2, 0.25) is 0 Å². The molecule has 0 aromatic heterocycles. The third-order valence-electron chi connectivity index (χ3n) is 2.20. The summed E-state index contributed by atoms with van der Waals surface area (Å²) in [6.07, 6.45) is 0.468. The summed E-state index contributed by atoms with van der Waals surface area (Å²) in [5, 5.41) is 2.87. The monoisotopic (exact) mass is 195 g/mol. The standard InChI is InChI=1S/C12H18FN/c1-10-5-4-6-11(7-10)8-12(2,13)9-14-3/h4-7,14H,8-9H2,1-3H3. The van der Waals surface area contributed by atoms with Crippen molar-refractivity contribution in [2.45, 2.75) is 25.9 Å². The lowest BCUT2D eigenvalue weighted by atomic mass is 9.97. The molecule has 0 fully saturated rings. The van der Waals surface area contributed by atoms with E-state index in [0.29, 0.717) is 13.0 Å². The Labute approximate surface area is 85.3 Å². The highest BCUT2D eigenvalue weighted by Crippen LogP contribution is 2.17. The van der Waals surface area contributed by atoms with Crippen LogP contribution in [0, 0.1) is 6.92 Å². The SMILES string of the molecule is CNCC(C)(F)Cc1cccc(C)c1. The highest BCUT2D eigenvalue weighted by Gasteiger charge is 2.22. The van der Waals surface area contributed by atoms with Gasteiger partial charge in [-0.25, -0.2) is 4.39 Å². The molecule has 1 N–H and O–H groups in total. The number of alkyl halides is 1. The van der Waals surface area contributed by atoms with Crippen LogP contribution in [0.1, 0.15) is 18.1 Å². The molecule has 1 aromatic carbocycles. The second-order valence-electron chi connectivity index (χ2n) is 4.11. The fraction of sp³-hybridized carbons (Fsp3) is 0.500. The minimum Gasteiger partial charge on any atom is -0.317 e. The van der Waals surface area contributed by atoms with E-state index in [4.69, 9.17) is 0 Å². The number of benzene rings is 1. The van der Waals surface area contributed by atoms with Gasteiger partial charge in [-0.05, 0) is 26.5 Å². The number of hydrogen-bond acceptors (Lipinski definition) is 1. The molecule has 1 aromatic rings. The summed E-state index contributed by atoms with van der Waals surface area (Å²) in [6, 6.07) is 8.01. The maximum atomic E-state index is 13.8. The van der Waals surface area contributed by atoms with Gasteiger partial charge in [0, 0.05) is 13.0 Å². The molecule has 1 nitrogen and oxygen atoms in total. The molecule has 0 radical (unpaired) electrons. The zero-order valence-corrected chi connectivity index (χ0v) is 9.10. The maximum absolute atomic E-state index is 13.8. The Hall–Kier alpha value is -0.890. The van der Waals surface area contributed by atoms with Gasteiger partial charge in [-0.15, -0.1) is 0 Å². The molecule has 0 spiro atoms. The molecular formula is C12H18FN. The van der Waals surface area contributed by atoms with E-state index in [0.717, 1.165) is 5.56 Å². The summed E-state index contributed by atoms with van der Waals surface area (Å²) in [6.45, 7) is 4.05. The second kappa shape index (κ2) is 4.56. The minimum atomic E-state index is -1.16. The Kier molecular flexibility index (Phi) is 3.64. The van der Waals surface area contributed by atoms with Gasteiger partial charge in [0.05, 0.1) is 0 Å². The van der Waals surface area contributed by atoms with Crippen molar-refractivity contribution in [3.8, 4) is 0 Å². The van der Waals surface area contributed by atoms with Crippen molar-refractivity contribution >= 4 is 0 Å². The molecule has 14 heavy (non-hydrogen) atoms. The molecule has 0 amide bonds. The zero-order valence-electron chi connectivity index (χ0n) is 9.10. The van der Waals surface area contributed by atoms with Crippen LogP contribution in [0.15, 0.2) is 24.3 Å². The Morgan fingerprint density at radius 3 is 2.71 bits per heavy atom. The first-order chi connectivity index (χ1) is 6.53. The summed E-state index contributed by atoms with van der Waals surface area (Å²) in [5.74, 6) is 0. The molecule has 2 heteroatoms. The number of halogens is 1. The van der Waals surface area contributed by atoms with Gasteiger partial charge in [0.2, 0.25) is 0 Å². The van der Waals surface area contributed by atoms with Crippen molar-refractivity contribution in [3.63, 3.8) is 0 Å². The summed E-state index contributed by atoms with van der Waals surface area (Å²) in [7, 11) is 1.77. The first-order valence-electron chi connectivity index (χ1n) is 4.92. The fourth-order valence-corrected chi connectivity index (χ4v) is 1.68. The molecule has 78 valence electrons. The number of nitrogens with one attached hydrogen (secondary N) is 1. The van der Waals surface area contributed by atoms with Crippen LogP contribution in [-0.4, -0.2) is 19.3 Å². The third kappa shape index (κ3) is 3.46. The Bertz CT molecular complexity index is 294. The lowest BCUT2D eigenvalue weighted by Gasteiger charge is -2.20. The molecule has 1 rings (SSSR count). The molecule has 1 unspecified atom stereocenters. The molecule has 0 bridgehead atoms. The topological polar surface area (TPSA) is 12.0 Å². The van der Waals surface area contributed by atoms with E-state index < -0.39 is 5.67 Å². The molecule has 0 aliphatic rings. The van der Waals surface area contributed by atoms with Crippen LogP contribution in [0.3, 0.4) is 0 Å². The lowest BCUT2D eigenvalue weighted by molar-refractivity contribution is 0.188. The molecule has 0 heterocycles. The average Bonchev–Trinajstić information content (AvgIpc) is 2.02. The Morgan fingerprint density at radius 1 is 1.43 bits per heavy atom. The lowest BCUT2D eigenvalue weighted by Crippen LogP contribution is -2.33. The van der Waals surface area contributed by atoms with Gasteiger partial charge in [0.1, 0.15) is 5.67 Å². The molecule has 0 saturated carbocycles. The van der Waals surface area contributed by atoms with Crippen molar-refractivity contribution in [3.05, 3.63) is 35.4 Å². The van der Waals surface area contributed by atoms with E-state index in [1.165, 1.54) is 5.56 Å². The van der Waals surface area contributed by atoms with Crippen LogP contribution < -0.4 is 5.32 Å². The number of aryl methyl sites for hydroxylation is 1. The second-order valence-corrected chi connectivity index (χ2v) is 4.11. The maximum Gasteiger partial charge on any atom is 0.124 e. The van der Waals surface area contributed by atoms with Crippen molar-refractivity contribution in [2.75, 3.05) is 13.6 Å². The summed E-state index contributed by atoms with van der Waals surface area (Å²) < 4.78 is 13.8. The largest absolute Gasteiger partial charge is 0.317 e. The zero-order chi connectivity index (χ0) is 10.6. The first kappa shape index (κ1) is 11.2. The van der Waals surface area contributed by atoms with Crippen molar-refractivity contribution < 1.29 is 4.39 Å². The van der Waals surface area contributed by atoms with Crippen LogP contribution in [0.4, 0.5) is 4.39 Å². The Balaban J connectivity index is 2.68. The molecule has 1 atom stereocenters. The summed E-state index contributed by atoms with van der Waals surface area (Å²) in [5.41, 5.74) is 1.08. The molecular weight excluding hydrogens is 177 g/mol. The van der Waals surface area contributed by atoms with Crippen LogP contribution in [0.25, 0.3) is 0 Å². The predicted molar refractivity (Wildman–Crippen MR) is 58.3 cm³/mol. The van der Waals surface area contributed by atoms with Crippen molar-refractivity contribution in [2.24, 2.45) is 0 Å². The van der Waals surface area contributed by atoms with E-state index in [1.807, 2.05) is 31.2 Å². The van der Waals surface area contributed by atoms with Crippen molar-refractivity contribution in [1.29, 1.82) is 0 Å². The van der Waals surface area contributed by atoms with Gasteiger partial charge >= 0.3 is 0 Å². The minimum absolute atomic E-state index is 0.390. The third-order valence-corrected chi connectivity index (χ3v) is 2.20. The molecule has 0 saturated heterocycles. The van der Waals surface area contributed by atoms with Crippen LogP contribution in [-0.2, 0) is 6.42 Å². The highest BCUT2D eigenvalue weighted by atomic mass is 19.1. The van der Waals surface area contributed by atoms with Crippen molar-refractivity contribution in [1.82, 2.24) is 5.32 Å². The van der Waals surface area contributed by atoms with E-state index in [1.54, 1.807) is 14.0 Å². The quantitative estimate of drug-likeness (QED) is 0.778. The molecule has 0 aliphatic heterocycles. The summed E-state index contributed by atoms with van der Waals surface area (Å²) in [4.78, 5) is 0. The fourth-order valence-electron chi connectivity index (χ4n) is 1.68. The predicted octanol–water partition coefficient (Wildman–Crippen LogP) is 2.49. The van der Waals surface area contributed by atoms with Gasteiger partial charge in [-0.2, -0.15) is 0 Å². The van der Waals surface area contributed by atoms with E-state index >= 15 is 0 Å². The smallest absolute Gasteiger partial charge is 0.124 e. The summed E-state index contributed by atoms with van der Waals surface area (Å²) >= 11 is 0. The van der Waals surface area contributed by atoms with Gasteiger partial charge in [-0.1, -0.05) is 29.8 Å². The van der Waals surface area contributed by atoms with Gasteiger partial charge in [0.25, 0.3) is 0 Å². The number of rotatable bonds is 4.